The maximum absolute atomic E-state index is 12.0. The predicted octanol–water partition coefficient (Wildman–Crippen LogP) is 1.74. The SMILES string of the molecule is CC(C)NS(=O)(=O)c1ccc(NCCCN(C)C)cc1. The van der Waals surface area contributed by atoms with E-state index in [4.69, 9.17) is 0 Å². The zero-order valence-electron chi connectivity index (χ0n) is 12.7. The highest BCUT2D eigenvalue weighted by Crippen LogP contribution is 2.14. The van der Waals surface area contributed by atoms with E-state index in [1.54, 1.807) is 38.1 Å². The Morgan fingerprint density at radius 1 is 1.15 bits per heavy atom. The molecule has 0 saturated heterocycles. The van der Waals surface area contributed by atoms with Crippen LogP contribution in [0.2, 0.25) is 0 Å². The van der Waals surface area contributed by atoms with E-state index in [0.29, 0.717) is 4.90 Å². The number of hydrogen-bond acceptors (Lipinski definition) is 4. The third-order valence-corrected chi connectivity index (χ3v) is 4.34. The second-order valence-electron chi connectivity index (χ2n) is 5.38. The number of rotatable bonds is 8. The van der Waals surface area contributed by atoms with Crippen molar-refractivity contribution in [1.82, 2.24) is 9.62 Å². The molecule has 0 heterocycles. The van der Waals surface area contributed by atoms with Gasteiger partial charge in [0.1, 0.15) is 0 Å². The van der Waals surface area contributed by atoms with Gasteiger partial charge in [-0.3, -0.25) is 0 Å². The van der Waals surface area contributed by atoms with Crippen molar-refractivity contribution < 1.29 is 8.42 Å². The van der Waals surface area contributed by atoms with Gasteiger partial charge in [0.05, 0.1) is 4.90 Å². The van der Waals surface area contributed by atoms with Crippen LogP contribution in [0.25, 0.3) is 0 Å². The molecule has 6 heteroatoms. The van der Waals surface area contributed by atoms with Crippen LogP contribution in [0.3, 0.4) is 0 Å². The topological polar surface area (TPSA) is 61.4 Å². The molecule has 0 aromatic heterocycles. The summed E-state index contributed by atoms with van der Waals surface area (Å²) in [6.07, 6.45) is 1.04. The summed E-state index contributed by atoms with van der Waals surface area (Å²) in [5, 5.41) is 3.28. The zero-order valence-corrected chi connectivity index (χ0v) is 13.5. The van der Waals surface area contributed by atoms with E-state index < -0.39 is 10.0 Å². The van der Waals surface area contributed by atoms with E-state index in [-0.39, 0.29) is 6.04 Å². The molecule has 1 rings (SSSR count). The summed E-state index contributed by atoms with van der Waals surface area (Å²) in [7, 11) is 0.689. The van der Waals surface area contributed by atoms with Gasteiger partial charge < -0.3 is 10.2 Å². The zero-order chi connectivity index (χ0) is 15.2. The smallest absolute Gasteiger partial charge is 0.240 e. The third-order valence-electron chi connectivity index (χ3n) is 2.67. The van der Waals surface area contributed by atoms with Gasteiger partial charge in [-0.15, -0.1) is 0 Å². The number of sulfonamides is 1. The number of nitrogens with one attached hydrogen (secondary N) is 2. The van der Waals surface area contributed by atoms with E-state index in [2.05, 4.69) is 14.9 Å². The van der Waals surface area contributed by atoms with Gasteiger partial charge in [-0.05, 0) is 65.2 Å². The van der Waals surface area contributed by atoms with Gasteiger partial charge in [0.15, 0.2) is 0 Å². The average Bonchev–Trinajstić information content (AvgIpc) is 2.33. The first-order chi connectivity index (χ1) is 9.31. The van der Waals surface area contributed by atoms with E-state index >= 15 is 0 Å². The molecule has 0 radical (unpaired) electrons. The molecule has 0 unspecified atom stereocenters. The van der Waals surface area contributed by atoms with Crippen LogP contribution in [0, 0.1) is 0 Å². The van der Waals surface area contributed by atoms with Gasteiger partial charge in [-0.2, -0.15) is 0 Å². The molecule has 0 spiro atoms. The van der Waals surface area contributed by atoms with Crippen LogP contribution >= 0.6 is 0 Å². The van der Waals surface area contributed by atoms with E-state index in [1.807, 2.05) is 14.1 Å². The maximum Gasteiger partial charge on any atom is 0.240 e. The van der Waals surface area contributed by atoms with Gasteiger partial charge >= 0.3 is 0 Å². The summed E-state index contributed by atoms with van der Waals surface area (Å²) in [5.41, 5.74) is 0.937. The molecular formula is C14H25N3O2S. The summed E-state index contributed by atoms with van der Waals surface area (Å²) in [4.78, 5) is 2.43. The highest BCUT2D eigenvalue weighted by Gasteiger charge is 2.14. The molecule has 0 amide bonds. The van der Waals surface area contributed by atoms with Gasteiger partial charge in [0.25, 0.3) is 0 Å². The first-order valence-electron chi connectivity index (χ1n) is 6.82. The van der Waals surface area contributed by atoms with Crippen LogP contribution in [0.5, 0.6) is 0 Å². The summed E-state index contributed by atoms with van der Waals surface area (Å²) in [6, 6.07) is 6.73. The Hall–Kier alpha value is -1.11. The van der Waals surface area contributed by atoms with Crippen LogP contribution in [0.4, 0.5) is 5.69 Å². The van der Waals surface area contributed by atoms with Crippen molar-refractivity contribution >= 4 is 15.7 Å². The number of nitrogens with zero attached hydrogens (tertiary/aromatic N) is 1. The van der Waals surface area contributed by atoms with Crippen molar-refractivity contribution in [2.24, 2.45) is 0 Å². The highest BCUT2D eigenvalue weighted by molar-refractivity contribution is 7.89. The lowest BCUT2D eigenvalue weighted by Gasteiger charge is -2.12. The summed E-state index contributed by atoms with van der Waals surface area (Å²) < 4.78 is 26.5. The molecular weight excluding hydrogens is 274 g/mol. The normalized spacial score (nSPS) is 12.1. The number of benzene rings is 1. The number of hydrogen-bond donors (Lipinski definition) is 2. The number of anilines is 1. The molecule has 2 N–H and O–H groups in total. The first kappa shape index (κ1) is 16.9. The van der Waals surface area contributed by atoms with Gasteiger partial charge in [-0.25, -0.2) is 13.1 Å². The van der Waals surface area contributed by atoms with Crippen molar-refractivity contribution in [3.8, 4) is 0 Å². The molecule has 0 aliphatic heterocycles. The van der Waals surface area contributed by atoms with Crippen LogP contribution in [-0.2, 0) is 10.0 Å². The molecule has 0 saturated carbocycles. The summed E-state index contributed by atoms with van der Waals surface area (Å²) in [6.45, 7) is 5.50. The van der Waals surface area contributed by atoms with E-state index in [0.717, 1.165) is 25.2 Å². The average molecular weight is 299 g/mol. The highest BCUT2D eigenvalue weighted by atomic mass is 32.2. The second-order valence-corrected chi connectivity index (χ2v) is 7.10. The molecule has 0 fully saturated rings. The van der Waals surface area contributed by atoms with Crippen LogP contribution in [-0.4, -0.2) is 46.5 Å². The van der Waals surface area contributed by atoms with Crippen LogP contribution in [0.1, 0.15) is 20.3 Å². The van der Waals surface area contributed by atoms with Crippen molar-refractivity contribution in [2.75, 3.05) is 32.5 Å². The Morgan fingerprint density at radius 3 is 2.25 bits per heavy atom. The maximum atomic E-state index is 12.0. The van der Waals surface area contributed by atoms with Crippen molar-refractivity contribution in [1.29, 1.82) is 0 Å². The quantitative estimate of drug-likeness (QED) is 0.718. The van der Waals surface area contributed by atoms with E-state index in [9.17, 15) is 8.42 Å². The molecule has 20 heavy (non-hydrogen) atoms. The fourth-order valence-corrected chi connectivity index (χ4v) is 3.01. The minimum atomic E-state index is -3.40. The summed E-state index contributed by atoms with van der Waals surface area (Å²) in [5.74, 6) is 0. The molecule has 0 aliphatic carbocycles. The van der Waals surface area contributed by atoms with Crippen molar-refractivity contribution in [3.63, 3.8) is 0 Å². The molecule has 0 bridgehead atoms. The largest absolute Gasteiger partial charge is 0.385 e. The monoisotopic (exact) mass is 299 g/mol. The Kier molecular flexibility index (Phi) is 6.45. The first-order valence-corrected chi connectivity index (χ1v) is 8.30. The van der Waals surface area contributed by atoms with Gasteiger partial charge in [0.2, 0.25) is 10.0 Å². The Morgan fingerprint density at radius 2 is 1.75 bits per heavy atom. The third kappa shape index (κ3) is 5.90. The fraction of sp³-hybridized carbons (Fsp3) is 0.571. The minimum absolute atomic E-state index is 0.108. The standard InChI is InChI=1S/C14H25N3O2S/c1-12(2)16-20(18,19)14-8-6-13(7-9-14)15-10-5-11-17(3)4/h6-9,12,15-16H,5,10-11H2,1-4H3. The Bertz CT molecular complexity index is 496. The Labute approximate surface area is 122 Å². The minimum Gasteiger partial charge on any atom is -0.385 e. The molecule has 1 aromatic carbocycles. The molecule has 1 aromatic rings. The molecule has 0 atom stereocenters. The predicted molar refractivity (Wildman–Crippen MR) is 83.6 cm³/mol. The molecule has 5 nitrogen and oxygen atoms in total. The lowest BCUT2D eigenvalue weighted by Crippen LogP contribution is -2.30. The summed E-state index contributed by atoms with van der Waals surface area (Å²) >= 11 is 0. The second kappa shape index (κ2) is 7.61. The fourth-order valence-electron chi connectivity index (χ4n) is 1.76. The lowest BCUT2D eigenvalue weighted by molar-refractivity contribution is 0.405. The van der Waals surface area contributed by atoms with Crippen LogP contribution < -0.4 is 10.0 Å². The Balaban J connectivity index is 2.56. The van der Waals surface area contributed by atoms with Crippen molar-refractivity contribution in [3.05, 3.63) is 24.3 Å². The van der Waals surface area contributed by atoms with Crippen LogP contribution in [0.15, 0.2) is 29.2 Å². The van der Waals surface area contributed by atoms with Crippen molar-refractivity contribution in [2.45, 2.75) is 31.2 Å². The molecule has 114 valence electrons. The van der Waals surface area contributed by atoms with E-state index in [1.165, 1.54) is 0 Å². The molecule has 0 aliphatic rings. The van der Waals surface area contributed by atoms with Gasteiger partial charge in [0, 0.05) is 18.3 Å². The van der Waals surface area contributed by atoms with Gasteiger partial charge in [-0.1, -0.05) is 0 Å². The lowest BCUT2D eigenvalue weighted by atomic mass is 10.3.